The molecule has 0 unspecified atom stereocenters. The van der Waals surface area contributed by atoms with Crippen molar-refractivity contribution in [2.24, 2.45) is 5.10 Å². The van der Waals surface area contributed by atoms with Crippen LogP contribution in [0.3, 0.4) is 0 Å². The maximum Gasteiger partial charge on any atom is 0.281 e. The van der Waals surface area contributed by atoms with Gasteiger partial charge in [-0.3, -0.25) is 29.9 Å². The molecule has 0 aromatic heterocycles. The van der Waals surface area contributed by atoms with E-state index < -0.39 is 70.4 Å². The Hall–Kier alpha value is -4.57. The highest BCUT2D eigenvalue weighted by Gasteiger charge is 2.34. The van der Waals surface area contributed by atoms with Crippen LogP contribution in [-0.4, -0.2) is 54.8 Å². The highest BCUT2D eigenvalue weighted by Crippen LogP contribution is 2.37. The second-order valence-electron chi connectivity index (χ2n) is 9.38. The number of nitrogens with zero attached hydrogens (tertiary/aromatic N) is 2. The molecule has 0 fully saturated rings. The molecule has 0 aliphatic carbocycles. The van der Waals surface area contributed by atoms with E-state index in [1.54, 1.807) is 0 Å². The zero-order valence-corrected chi connectivity index (χ0v) is 28.7. The Morgan fingerprint density at radius 1 is 0.941 bits per heavy atom. The number of hydrazone groups is 1. The van der Waals surface area contributed by atoms with Crippen molar-refractivity contribution in [1.29, 1.82) is 5.41 Å². The predicted octanol–water partition coefficient (Wildman–Crippen LogP) is -0.421. The topological polar surface area (TPSA) is 323 Å². The number of allylic oxidation sites excluding steroid dienone is 6. The smallest absolute Gasteiger partial charge is 0.281 e. The van der Waals surface area contributed by atoms with Crippen LogP contribution in [0.2, 0.25) is 0 Å². The number of amides is 1. The van der Waals surface area contributed by atoms with Gasteiger partial charge in [0.25, 0.3) is 5.91 Å². The van der Waals surface area contributed by atoms with Crippen LogP contribution in [0.1, 0.15) is 13.8 Å². The number of Topliss-reactive ketones (excluding diaryl/α,β-unsaturated/α-hetero) is 2. The molecule has 272 valence electrons. The van der Waals surface area contributed by atoms with Gasteiger partial charge < -0.3 is 30.0 Å². The van der Waals surface area contributed by atoms with E-state index in [1.165, 1.54) is 30.4 Å². The molecule has 1 amide bonds. The summed E-state index contributed by atoms with van der Waals surface area (Å²) in [7, 11) is -10.5. The van der Waals surface area contributed by atoms with Crippen LogP contribution in [0.15, 0.2) is 108 Å². The first-order valence-corrected chi connectivity index (χ1v) is 17.4. The van der Waals surface area contributed by atoms with Gasteiger partial charge in [0.1, 0.15) is 31.7 Å². The number of nitrogens with one attached hydrogen (secondary N) is 2. The van der Waals surface area contributed by atoms with Gasteiger partial charge in [0.05, 0.1) is 55.7 Å². The molecule has 2 aromatic rings. The van der Waals surface area contributed by atoms with Gasteiger partial charge in [0.15, 0.2) is 11.6 Å². The van der Waals surface area contributed by atoms with E-state index in [9.17, 15) is 55.9 Å². The van der Waals surface area contributed by atoms with Crippen molar-refractivity contribution in [1.82, 2.24) is 0 Å². The van der Waals surface area contributed by atoms with E-state index in [4.69, 9.17) is 5.41 Å². The monoisotopic (exact) mass is 783 g/mol. The van der Waals surface area contributed by atoms with Gasteiger partial charge in [-0.15, -0.1) is 0 Å². The molecule has 2 aromatic carbocycles. The van der Waals surface area contributed by atoms with Gasteiger partial charge in [0, 0.05) is 24.3 Å². The first-order chi connectivity index (χ1) is 23.9. The van der Waals surface area contributed by atoms with Crippen molar-refractivity contribution in [2.45, 2.75) is 33.4 Å². The van der Waals surface area contributed by atoms with Gasteiger partial charge in [-0.05, 0) is 48.4 Å². The summed E-state index contributed by atoms with van der Waals surface area (Å²) in [6, 6.07) is 5.44. The van der Waals surface area contributed by atoms with Crippen molar-refractivity contribution < 1.29 is 74.7 Å². The molecule has 51 heavy (non-hydrogen) atoms. The molecule has 0 atom stereocenters. The summed E-state index contributed by atoms with van der Waals surface area (Å²) in [5, 5.41) is 55.1. The average molecular weight is 784 g/mol. The van der Waals surface area contributed by atoms with Crippen LogP contribution in [0, 0.1) is 5.41 Å². The summed E-state index contributed by atoms with van der Waals surface area (Å²) < 4.78 is 78.0. The zero-order chi connectivity index (χ0) is 38.1. The molecule has 20 nitrogen and oxygen atoms in total. The third kappa shape index (κ3) is 10.7. The molecule has 2 N–H and O–H groups in total. The van der Waals surface area contributed by atoms with Crippen LogP contribution in [0.4, 0.5) is 11.4 Å². The second-order valence-corrected chi connectivity index (χ2v) is 13.6. The van der Waals surface area contributed by atoms with Crippen molar-refractivity contribution in [3.8, 4) is 0 Å². The number of rotatable bonds is 17. The number of hydrogen-bond donors (Lipinski definition) is 2. The normalized spacial score (nSPS) is 15.1. The number of anilines is 2. The SMILES string of the molecule is CC(=O)C(=N)C(/C=C/C=C/C=C1\C(=O)N(c2cc(SOO[O-])ccc2SOO[O-])N=C1C(C)=O)=C(/[O-])Nc1cc(S(=O)(=O)[O-])ccc1S(=O)(=O)[O-]. The number of carbonyl (C=O) groups is 3. The van der Waals surface area contributed by atoms with Gasteiger partial charge >= 0.3 is 0 Å². The first-order valence-electron chi connectivity index (χ1n) is 13.1. The predicted molar refractivity (Wildman–Crippen MR) is 166 cm³/mol. The van der Waals surface area contributed by atoms with Crippen LogP contribution >= 0.6 is 24.1 Å². The molecular weight excluding hydrogens is 765 g/mol. The molecule has 1 aliphatic rings. The average Bonchev–Trinajstić information content (AvgIpc) is 3.38. The van der Waals surface area contributed by atoms with Gasteiger partial charge in [-0.2, -0.15) is 18.8 Å². The van der Waals surface area contributed by atoms with Crippen molar-refractivity contribution >= 4 is 84.6 Å². The minimum absolute atomic E-state index is 0.0492. The molecule has 0 saturated heterocycles. The first kappa shape index (κ1) is 40.9. The number of ketones is 2. The lowest BCUT2D eigenvalue weighted by atomic mass is 10.1. The molecular formula is C27H19N4O16S4-5. The number of benzene rings is 2. The van der Waals surface area contributed by atoms with Crippen molar-refractivity contribution in [3.05, 3.63) is 83.8 Å². The summed E-state index contributed by atoms with van der Waals surface area (Å²) in [5.41, 5.74) is -3.16. The molecule has 1 aliphatic heterocycles. The molecule has 0 spiro atoms. The quantitative estimate of drug-likeness (QED) is 0.0301. The van der Waals surface area contributed by atoms with E-state index in [1.807, 2.05) is 5.32 Å². The van der Waals surface area contributed by atoms with E-state index in [2.05, 4.69) is 23.8 Å². The van der Waals surface area contributed by atoms with Crippen LogP contribution in [-0.2, 0) is 53.4 Å². The third-order valence-corrected chi connectivity index (χ3v) is 9.00. The molecule has 3 rings (SSSR count). The standard InChI is InChI=1S/C27H24N4O16S4/c1-14(32)24(28)18(26(34)29-20-13-17(50(38,39)40)9-11-23(20)51(41,42)43)6-4-3-5-7-19-25(15(2)33)30-31(27(19)35)21-12-16(48-46-44-36)8-10-22(21)49-47-45-37/h3-13,28-29,34,36-37H,1-2H3,(H,38,39,40)(H,41,42,43)/p-5/b5-3+,6-4+,19-7-,26-18+,28-24?. The second kappa shape index (κ2) is 17.6. The highest BCUT2D eigenvalue weighted by atomic mass is 32.2. The number of carbonyl (C=O) groups excluding carboxylic acids is 3. The Morgan fingerprint density at radius 3 is 2.20 bits per heavy atom. The fraction of sp³-hybridized carbons (Fsp3) is 0.0741. The van der Waals surface area contributed by atoms with Gasteiger partial charge in [-0.1, -0.05) is 24.3 Å². The third-order valence-electron chi connectivity index (χ3n) is 6.05. The lowest BCUT2D eigenvalue weighted by Crippen LogP contribution is -2.23. The molecule has 0 saturated carbocycles. The Bertz CT molecular complexity index is 2130. The summed E-state index contributed by atoms with van der Waals surface area (Å²) in [6.45, 7) is 2.03. The van der Waals surface area contributed by atoms with Crippen molar-refractivity contribution in [3.63, 3.8) is 0 Å². The summed E-state index contributed by atoms with van der Waals surface area (Å²) in [6.07, 6.45) is 5.49. The molecule has 0 radical (unpaired) electrons. The lowest BCUT2D eigenvalue weighted by Gasteiger charge is -2.23. The van der Waals surface area contributed by atoms with E-state index in [0.717, 1.165) is 37.1 Å². The maximum atomic E-state index is 13.4. The van der Waals surface area contributed by atoms with Gasteiger partial charge in [-0.25, -0.2) is 16.8 Å². The minimum atomic E-state index is -5.33. The summed E-state index contributed by atoms with van der Waals surface area (Å²) in [4.78, 5) is 35.9. The fourth-order valence-corrected chi connectivity index (χ4v) is 5.83. The number of hydrogen-bond acceptors (Lipinski definition) is 21. The van der Waals surface area contributed by atoms with E-state index >= 15 is 0 Å². The van der Waals surface area contributed by atoms with Crippen LogP contribution in [0.25, 0.3) is 0 Å². The van der Waals surface area contributed by atoms with Crippen LogP contribution in [0.5, 0.6) is 0 Å². The van der Waals surface area contributed by atoms with Crippen molar-refractivity contribution in [2.75, 3.05) is 10.3 Å². The van der Waals surface area contributed by atoms with E-state index in [0.29, 0.717) is 42.3 Å². The maximum absolute atomic E-state index is 13.4. The van der Waals surface area contributed by atoms with Gasteiger partial charge in [0.2, 0.25) is 0 Å². The Morgan fingerprint density at radius 2 is 1.61 bits per heavy atom. The summed E-state index contributed by atoms with van der Waals surface area (Å²) in [5.74, 6) is -3.82. The van der Waals surface area contributed by atoms with Crippen LogP contribution < -0.4 is 25.9 Å². The minimum Gasteiger partial charge on any atom is -0.860 e. The molecule has 24 heteroatoms. The lowest BCUT2D eigenvalue weighted by molar-refractivity contribution is -0.777. The highest BCUT2D eigenvalue weighted by molar-refractivity contribution is 7.95. The molecule has 1 heterocycles. The zero-order valence-electron chi connectivity index (χ0n) is 25.4. The summed E-state index contributed by atoms with van der Waals surface area (Å²) >= 11 is 0.844. The Balaban J connectivity index is 2.00. The Labute approximate surface area is 296 Å². The largest absolute Gasteiger partial charge is 0.860 e. The fourth-order valence-electron chi connectivity index (χ4n) is 3.88. The van der Waals surface area contributed by atoms with E-state index in [-0.39, 0.29) is 26.8 Å². The molecule has 0 bridgehead atoms. The Kier molecular flexibility index (Phi) is 14.1.